The zero-order chi connectivity index (χ0) is 18.1. The van der Waals surface area contributed by atoms with Crippen molar-refractivity contribution in [2.45, 2.75) is 52.2 Å². The molecule has 0 N–H and O–H groups in total. The molecule has 1 aromatic rings. The highest BCUT2D eigenvalue weighted by Crippen LogP contribution is 2.36. The van der Waals surface area contributed by atoms with E-state index in [2.05, 4.69) is 33.9 Å². The SMILES string of the molecule is Cc1ccc(OCCCO[Si](C)(C)C(C)(C)C)c(Cl)c1.O=C=O. The van der Waals surface area contributed by atoms with Gasteiger partial charge in [-0.25, -0.2) is 0 Å². The quantitative estimate of drug-likeness (QED) is 0.538. The third-order valence-electron chi connectivity index (χ3n) is 3.90. The maximum atomic E-state index is 8.12. The molecular formula is C17H27ClO4Si. The summed E-state index contributed by atoms with van der Waals surface area (Å²) >= 11 is 6.13. The lowest BCUT2D eigenvalue weighted by Gasteiger charge is -2.36. The smallest absolute Gasteiger partial charge is 0.373 e. The standard InChI is InChI=1S/C16H27ClO2Si.CO2/c1-13-8-9-15(14(17)12-13)18-10-7-11-19-20(5,6)16(2,3)4;2-1-3/h8-9,12H,7,10-11H2,1-6H3;. The highest BCUT2D eigenvalue weighted by Gasteiger charge is 2.36. The van der Waals surface area contributed by atoms with Gasteiger partial charge in [0.15, 0.2) is 8.32 Å². The lowest BCUT2D eigenvalue weighted by molar-refractivity contribution is -0.191. The predicted molar refractivity (Wildman–Crippen MR) is 94.5 cm³/mol. The van der Waals surface area contributed by atoms with Gasteiger partial charge < -0.3 is 9.16 Å². The maximum Gasteiger partial charge on any atom is 0.373 e. The van der Waals surface area contributed by atoms with Crippen LogP contribution in [0.2, 0.25) is 23.2 Å². The molecule has 0 spiro atoms. The minimum absolute atomic E-state index is 0.250. The Labute approximate surface area is 145 Å². The van der Waals surface area contributed by atoms with E-state index in [9.17, 15) is 0 Å². The largest absolute Gasteiger partial charge is 0.492 e. The normalized spacial score (nSPS) is 11.3. The molecule has 1 rings (SSSR count). The molecule has 0 aliphatic rings. The molecule has 0 atom stereocenters. The van der Waals surface area contributed by atoms with E-state index in [-0.39, 0.29) is 11.2 Å². The van der Waals surface area contributed by atoms with Crippen LogP contribution >= 0.6 is 11.6 Å². The summed E-state index contributed by atoms with van der Waals surface area (Å²) < 4.78 is 11.8. The van der Waals surface area contributed by atoms with Crippen molar-refractivity contribution in [2.24, 2.45) is 0 Å². The first-order valence-electron chi connectivity index (χ1n) is 7.57. The van der Waals surface area contributed by atoms with Gasteiger partial charge in [0.05, 0.1) is 11.6 Å². The number of benzene rings is 1. The van der Waals surface area contributed by atoms with Crippen molar-refractivity contribution < 1.29 is 18.8 Å². The molecule has 0 radical (unpaired) electrons. The van der Waals surface area contributed by atoms with Crippen molar-refractivity contribution in [1.82, 2.24) is 0 Å². The summed E-state index contributed by atoms with van der Waals surface area (Å²) in [5.41, 5.74) is 1.14. The minimum Gasteiger partial charge on any atom is -0.492 e. The first kappa shape index (κ1) is 21.9. The molecule has 0 saturated heterocycles. The number of aryl methyl sites for hydroxylation is 1. The average Bonchev–Trinajstić information content (AvgIpc) is 2.40. The Morgan fingerprint density at radius 3 is 2.22 bits per heavy atom. The van der Waals surface area contributed by atoms with Gasteiger partial charge in [0.1, 0.15) is 5.75 Å². The van der Waals surface area contributed by atoms with Crippen molar-refractivity contribution in [3.05, 3.63) is 28.8 Å². The molecule has 0 bridgehead atoms. The zero-order valence-corrected chi connectivity index (χ0v) is 16.6. The first-order chi connectivity index (χ1) is 10.5. The Hall–Kier alpha value is -1.13. The van der Waals surface area contributed by atoms with E-state index in [4.69, 9.17) is 30.4 Å². The molecule has 0 saturated carbocycles. The van der Waals surface area contributed by atoms with Crippen molar-refractivity contribution in [3.8, 4) is 5.75 Å². The topological polar surface area (TPSA) is 52.6 Å². The van der Waals surface area contributed by atoms with E-state index < -0.39 is 8.32 Å². The maximum absolute atomic E-state index is 8.12. The van der Waals surface area contributed by atoms with Crippen LogP contribution in [0.25, 0.3) is 0 Å². The van der Waals surface area contributed by atoms with Crippen LogP contribution in [0.5, 0.6) is 5.75 Å². The van der Waals surface area contributed by atoms with Gasteiger partial charge in [0.2, 0.25) is 0 Å². The molecule has 0 unspecified atom stereocenters. The fourth-order valence-electron chi connectivity index (χ4n) is 1.51. The molecule has 6 heteroatoms. The number of hydrogen-bond acceptors (Lipinski definition) is 4. The van der Waals surface area contributed by atoms with Gasteiger partial charge in [-0.05, 0) is 42.8 Å². The third kappa shape index (κ3) is 8.33. The van der Waals surface area contributed by atoms with E-state index >= 15 is 0 Å². The molecule has 0 aliphatic heterocycles. The number of ether oxygens (including phenoxy) is 1. The second-order valence-corrected chi connectivity index (χ2v) is 12.0. The highest BCUT2D eigenvalue weighted by molar-refractivity contribution is 6.74. The molecule has 0 aromatic heterocycles. The number of halogens is 1. The van der Waals surface area contributed by atoms with Gasteiger partial charge >= 0.3 is 6.15 Å². The summed E-state index contributed by atoms with van der Waals surface area (Å²) in [6, 6.07) is 5.85. The minimum atomic E-state index is -1.63. The summed E-state index contributed by atoms with van der Waals surface area (Å²) in [5.74, 6) is 0.754. The van der Waals surface area contributed by atoms with E-state index in [0.29, 0.717) is 11.6 Å². The first-order valence-corrected chi connectivity index (χ1v) is 10.9. The molecule has 4 nitrogen and oxygen atoms in total. The number of rotatable bonds is 6. The Morgan fingerprint density at radius 2 is 1.74 bits per heavy atom. The Bertz CT molecular complexity index is 518. The van der Waals surface area contributed by atoms with Crippen LogP contribution in [0.1, 0.15) is 32.8 Å². The third-order valence-corrected chi connectivity index (χ3v) is 8.74. The molecule has 130 valence electrons. The van der Waals surface area contributed by atoms with Crippen LogP contribution in [0.4, 0.5) is 0 Å². The van der Waals surface area contributed by atoms with Crippen LogP contribution in [-0.4, -0.2) is 27.7 Å². The second kappa shape index (κ2) is 9.88. The highest BCUT2D eigenvalue weighted by atomic mass is 35.5. The lowest BCUT2D eigenvalue weighted by Crippen LogP contribution is -2.41. The van der Waals surface area contributed by atoms with Gasteiger partial charge in [-0.3, -0.25) is 0 Å². The van der Waals surface area contributed by atoms with Crippen LogP contribution in [-0.2, 0) is 14.0 Å². The fraction of sp³-hybridized carbons (Fsp3) is 0.588. The van der Waals surface area contributed by atoms with Crippen LogP contribution in [0.3, 0.4) is 0 Å². The molecule has 0 aliphatic carbocycles. The van der Waals surface area contributed by atoms with Crippen molar-refractivity contribution in [3.63, 3.8) is 0 Å². The molecule has 1 aromatic carbocycles. The average molecular weight is 359 g/mol. The zero-order valence-electron chi connectivity index (χ0n) is 14.9. The summed E-state index contributed by atoms with van der Waals surface area (Å²) in [4.78, 5) is 16.2. The van der Waals surface area contributed by atoms with Gasteiger partial charge in [-0.2, -0.15) is 9.59 Å². The van der Waals surface area contributed by atoms with Gasteiger partial charge in [-0.15, -0.1) is 0 Å². The molecule has 23 heavy (non-hydrogen) atoms. The molecule has 0 heterocycles. The lowest BCUT2D eigenvalue weighted by atomic mass is 10.2. The van der Waals surface area contributed by atoms with E-state index in [0.717, 1.165) is 24.3 Å². The van der Waals surface area contributed by atoms with Crippen molar-refractivity contribution >= 4 is 26.1 Å². The van der Waals surface area contributed by atoms with Crippen molar-refractivity contribution in [2.75, 3.05) is 13.2 Å². The van der Waals surface area contributed by atoms with Crippen LogP contribution in [0, 0.1) is 6.92 Å². The van der Waals surface area contributed by atoms with Crippen LogP contribution < -0.4 is 4.74 Å². The molecule has 0 amide bonds. The molecule has 0 fully saturated rings. The predicted octanol–water partition coefficient (Wildman–Crippen LogP) is 4.86. The van der Waals surface area contributed by atoms with E-state index in [1.807, 2.05) is 25.1 Å². The summed E-state index contributed by atoms with van der Waals surface area (Å²) in [5, 5.41) is 0.934. The van der Waals surface area contributed by atoms with Crippen LogP contribution in [0.15, 0.2) is 18.2 Å². The molecular weight excluding hydrogens is 332 g/mol. The summed E-state index contributed by atoms with van der Waals surface area (Å²) in [7, 11) is -1.63. The fourth-order valence-corrected chi connectivity index (χ4v) is 2.89. The van der Waals surface area contributed by atoms with Gasteiger partial charge in [-0.1, -0.05) is 38.4 Å². The Kier molecular flexibility index (Phi) is 9.40. The summed E-state index contributed by atoms with van der Waals surface area (Å²) in [6.07, 6.45) is 1.14. The Morgan fingerprint density at radius 1 is 1.17 bits per heavy atom. The number of hydrogen-bond donors (Lipinski definition) is 0. The second-order valence-electron chi connectivity index (χ2n) is 6.83. The monoisotopic (exact) mass is 358 g/mol. The van der Waals surface area contributed by atoms with E-state index in [1.54, 1.807) is 0 Å². The summed E-state index contributed by atoms with van der Waals surface area (Å²) in [6.45, 7) is 14.7. The van der Waals surface area contributed by atoms with E-state index in [1.165, 1.54) is 0 Å². The Balaban J connectivity index is 0.00000149. The van der Waals surface area contributed by atoms with Gasteiger partial charge in [0.25, 0.3) is 0 Å². The van der Waals surface area contributed by atoms with Crippen molar-refractivity contribution in [1.29, 1.82) is 0 Å². The number of carbonyl (C=O) groups excluding carboxylic acids is 2. The van der Waals surface area contributed by atoms with Gasteiger partial charge in [0, 0.05) is 13.0 Å².